The van der Waals surface area contributed by atoms with Crippen LogP contribution in [0.4, 0.5) is 4.39 Å². The second kappa shape index (κ2) is 8.57. The van der Waals surface area contributed by atoms with Gasteiger partial charge in [-0.3, -0.25) is 4.79 Å². The number of hydrogen-bond acceptors (Lipinski definition) is 5. The van der Waals surface area contributed by atoms with Crippen molar-refractivity contribution in [1.29, 1.82) is 0 Å². The number of carbonyl (C=O) groups is 1. The fourth-order valence-electron chi connectivity index (χ4n) is 2.76. The first-order valence-corrected chi connectivity index (χ1v) is 9.71. The van der Waals surface area contributed by atoms with Crippen LogP contribution in [0.5, 0.6) is 0 Å². The highest BCUT2D eigenvalue weighted by atomic mass is 32.1. The molecule has 0 bridgehead atoms. The van der Waals surface area contributed by atoms with Crippen molar-refractivity contribution in [3.8, 4) is 11.4 Å². The number of aromatic nitrogens is 4. The van der Waals surface area contributed by atoms with Crippen LogP contribution in [0.25, 0.3) is 23.2 Å². The number of nitrogens with one attached hydrogen (secondary N) is 1. The number of amides is 1. The normalized spacial score (nSPS) is 11.4. The maximum absolute atomic E-state index is 13.9. The Morgan fingerprint density at radius 2 is 1.86 bits per heavy atom. The molecule has 29 heavy (non-hydrogen) atoms. The number of rotatable bonds is 6. The van der Waals surface area contributed by atoms with E-state index in [1.165, 1.54) is 22.1 Å². The van der Waals surface area contributed by atoms with Crippen LogP contribution >= 0.6 is 11.3 Å². The van der Waals surface area contributed by atoms with Gasteiger partial charge in [-0.25, -0.2) is 4.39 Å². The molecule has 0 aliphatic heterocycles. The van der Waals surface area contributed by atoms with Crippen molar-refractivity contribution in [3.05, 3.63) is 88.4 Å². The van der Waals surface area contributed by atoms with E-state index in [4.69, 9.17) is 0 Å². The number of nitrogens with zero attached hydrogens (tertiary/aromatic N) is 4. The van der Waals surface area contributed by atoms with E-state index in [-0.39, 0.29) is 18.1 Å². The number of hydrogen-bond donors (Lipinski definition) is 1. The number of thiophene rings is 1. The first-order chi connectivity index (χ1) is 14.2. The molecule has 1 amide bonds. The Hall–Kier alpha value is -3.65. The van der Waals surface area contributed by atoms with Gasteiger partial charge >= 0.3 is 0 Å². The molecule has 4 aromatic rings. The number of halogens is 1. The van der Waals surface area contributed by atoms with E-state index in [1.807, 2.05) is 47.8 Å². The van der Waals surface area contributed by atoms with Crippen LogP contribution in [-0.4, -0.2) is 26.1 Å². The number of benzene rings is 2. The predicted octanol–water partition coefficient (Wildman–Crippen LogP) is 3.86. The highest BCUT2D eigenvalue weighted by Crippen LogP contribution is 2.22. The summed E-state index contributed by atoms with van der Waals surface area (Å²) in [4.78, 5) is 13.9. The van der Waals surface area contributed by atoms with Crippen molar-refractivity contribution in [2.24, 2.45) is 0 Å². The molecule has 0 fully saturated rings. The van der Waals surface area contributed by atoms with Gasteiger partial charge < -0.3 is 5.32 Å². The molecular formula is C21H16FN5OS. The fraction of sp³-hybridized carbons (Fsp3) is 0.0476. The van der Waals surface area contributed by atoms with Gasteiger partial charge in [0.25, 0.3) is 5.91 Å². The molecule has 2 heterocycles. The van der Waals surface area contributed by atoms with Crippen LogP contribution in [0.1, 0.15) is 10.4 Å². The minimum Gasteiger partial charge on any atom is -0.347 e. The Morgan fingerprint density at radius 3 is 2.62 bits per heavy atom. The SMILES string of the molecule is O=C(NCc1ccccc1F)/C(=C/c1cccs1)n1nnnc1-c1ccccc1. The minimum atomic E-state index is -0.411. The monoisotopic (exact) mass is 405 g/mol. The van der Waals surface area contributed by atoms with Gasteiger partial charge in [0, 0.05) is 22.5 Å². The summed E-state index contributed by atoms with van der Waals surface area (Å²) >= 11 is 1.49. The van der Waals surface area contributed by atoms with Crippen LogP contribution < -0.4 is 5.32 Å². The van der Waals surface area contributed by atoms with E-state index >= 15 is 0 Å². The van der Waals surface area contributed by atoms with E-state index in [0.29, 0.717) is 11.4 Å². The zero-order chi connectivity index (χ0) is 20.1. The average molecular weight is 405 g/mol. The largest absolute Gasteiger partial charge is 0.347 e. The van der Waals surface area contributed by atoms with Gasteiger partial charge in [-0.2, -0.15) is 4.68 Å². The Balaban J connectivity index is 1.68. The van der Waals surface area contributed by atoms with Crippen LogP contribution in [0.3, 0.4) is 0 Å². The lowest BCUT2D eigenvalue weighted by Gasteiger charge is -2.11. The zero-order valence-corrected chi connectivity index (χ0v) is 16.0. The van der Waals surface area contributed by atoms with Gasteiger partial charge in [-0.15, -0.1) is 16.4 Å². The maximum atomic E-state index is 13.9. The van der Waals surface area contributed by atoms with E-state index in [9.17, 15) is 9.18 Å². The zero-order valence-electron chi connectivity index (χ0n) is 15.2. The molecule has 2 aromatic carbocycles. The number of tetrazole rings is 1. The van der Waals surface area contributed by atoms with E-state index in [2.05, 4.69) is 20.8 Å². The quantitative estimate of drug-likeness (QED) is 0.495. The second-order valence-corrected chi connectivity index (χ2v) is 7.08. The minimum absolute atomic E-state index is 0.0517. The predicted molar refractivity (Wildman–Crippen MR) is 110 cm³/mol. The molecule has 2 aromatic heterocycles. The summed E-state index contributed by atoms with van der Waals surface area (Å²) < 4.78 is 15.3. The average Bonchev–Trinajstić information content (AvgIpc) is 3.44. The van der Waals surface area contributed by atoms with Crippen molar-refractivity contribution in [1.82, 2.24) is 25.5 Å². The first-order valence-electron chi connectivity index (χ1n) is 8.83. The molecule has 8 heteroatoms. The van der Waals surface area contributed by atoms with Crippen molar-refractivity contribution < 1.29 is 9.18 Å². The van der Waals surface area contributed by atoms with Gasteiger partial charge in [0.15, 0.2) is 5.82 Å². The lowest BCUT2D eigenvalue weighted by Crippen LogP contribution is -2.27. The third-order valence-electron chi connectivity index (χ3n) is 4.18. The first kappa shape index (κ1) is 18.7. The Labute approximate surface area is 170 Å². The molecule has 4 rings (SSSR count). The molecule has 0 unspecified atom stereocenters. The highest BCUT2D eigenvalue weighted by Gasteiger charge is 2.19. The van der Waals surface area contributed by atoms with E-state index in [0.717, 1.165) is 10.4 Å². The Kier molecular flexibility index (Phi) is 5.53. The lowest BCUT2D eigenvalue weighted by atomic mass is 10.2. The Bertz CT molecular complexity index is 1140. The molecular weight excluding hydrogens is 389 g/mol. The van der Waals surface area contributed by atoms with Gasteiger partial charge in [0.1, 0.15) is 11.5 Å². The maximum Gasteiger partial charge on any atom is 0.270 e. The second-order valence-electron chi connectivity index (χ2n) is 6.10. The van der Waals surface area contributed by atoms with Crippen LogP contribution in [0.15, 0.2) is 72.1 Å². The van der Waals surface area contributed by atoms with Gasteiger partial charge in [-0.1, -0.05) is 54.6 Å². The van der Waals surface area contributed by atoms with E-state index in [1.54, 1.807) is 24.3 Å². The van der Waals surface area contributed by atoms with Crippen LogP contribution in [0, 0.1) is 5.82 Å². The molecule has 0 aliphatic rings. The third-order valence-corrected chi connectivity index (χ3v) is 5.00. The summed E-state index contributed by atoms with van der Waals surface area (Å²) in [5, 5.41) is 16.5. The van der Waals surface area contributed by atoms with Crippen LogP contribution in [0.2, 0.25) is 0 Å². The fourth-order valence-corrected chi connectivity index (χ4v) is 3.41. The number of carbonyl (C=O) groups excluding carboxylic acids is 1. The van der Waals surface area contributed by atoms with Crippen LogP contribution in [-0.2, 0) is 11.3 Å². The molecule has 6 nitrogen and oxygen atoms in total. The molecule has 0 spiro atoms. The van der Waals surface area contributed by atoms with Crippen molar-refractivity contribution >= 4 is 29.0 Å². The molecule has 0 radical (unpaired) electrons. The molecule has 0 atom stereocenters. The third kappa shape index (κ3) is 4.27. The Morgan fingerprint density at radius 1 is 1.07 bits per heavy atom. The van der Waals surface area contributed by atoms with Gasteiger partial charge in [0.2, 0.25) is 0 Å². The van der Waals surface area contributed by atoms with Crippen molar-refractivity contribution in [2.75, 3.05) is 0 Å². The lowest BCUT2D eigenvalue weighted by molar-refractivity contribution is -0.116. The summed E-state index contributed by atoms with van der Waals surface area (Å²) in [6, 6.07) is 19.5. The molecule has 0 saturated carbocycles. The van der Waals surface area contributed by atoms with Crippen molar-refractivity contribution in [3.63, 3.8) is 0 Å². The topological polar surface area (TPSA) is 72.7 Å². The summed E-state index contributed by atoms with van der Waals surface area (Å²) in [6.07, 6.45) is 1.71. The summed E-state index contributed by atoms with van der Waals surface area (Å²) in [5.74, 6) is -0.343. The highest BCUT2D eigenvalue weighted by molar-refractivity contribution is 7.10. The summed E-state index contributed by atoms with van der Waals surface area (Å²) in [6.45, 7) is 0.0517. The van der Waals surface area contributed by atoms with Crippen molar-refractivity contribution in [2.45, 2.75) is 6.54 Å². The molecule has 1 N–H and O–H groups in total. The smallest absolute Gasteiger partial charge is 0.270 e. The van der Waals surface area contributed by atoms with E-state index < -0.39 is 5.91 Å². The molecule has 0 aliphatic carbocycles. The molecule has 144 valence electrons. The van der Waals surface area contributed by atoms with Gasteiger partial charge in [-0.05, 0) is 34.0 Å². The summed E-state index contributed by atoms with van der Waals surface area (Å²) in [7, 11) is 0. The molecule has 0 saturated heterocycles. The standard InChI is InChI=1S/C21H16FN5OS/c22-18-11-5-4-9-16(18)14-23-21(28)19(13-17-10-6-12-29-17)27-20(24-25-26-27)15-7-2-1-3-8-15/h1-13H,14H2,(H,23,28)/b19-13-. The van der Waals surface area contributed by atoms with Gasteiger partial charge in [0.05, 0.1) is 0 Å². The summed E-state index contributed by atoms with van der Waals surface area (Å²) in [5.41, 5.74) is 1.42.